The van der Waals surface area contributed by atoms with Crippen LogP contribution >= 0.6 is 11.6 Å². The Morgan fingerprint density at radius 2 is 2.00 bits per heavy atom. The largest absolute Gasteiger partial charge is 0.441 e. The molecular formula is C14H11ClN2O3S. The average molecular weight is 323 g/mol. The van der Waals surface area contributed by atoms with Crippen LogP contribution in [0, 0.1) is 6.92 Å². The first kappa shape index (κ1) is 13.9. The molecule has 1 N–H and O–H groups in total. The summed E-state index contributed by atoms with van der Waals surface area (Å²) in [5.74, 6) is 0.488. The highest BCUT2D eigenvalue weighted by atomic mass is 35.5. The van der Waals surface area contributed by atoms with Crippen LogP contribution in [0.15, 0.2) is 51.8 Å². The molecule has 0 unspecified atom stereocenters. The first-order chi connectivity index (χ1) is 9.94. The Kier molecular flexibility index (Phi) is 3.35. The van der Waals surface area contributed by atoms with Gasteiger partial charge in [0.05, 0.1) is 10.6 Å². The van der Waals surface area contributed by atoms with Crippen LogP contribution < -0.4 is 4.72 Å². The van der Waals surface area contributed by atoms with Gasteiger partial charge in [-0.2, -0.15) is 0 Å². The minimum absolute atomic E-state index is 0.114. The highest BCUT2D eigenvalue weighted by Gasteiger charge is 2.16. The number of nitrogens with zero attached hydrogens (tertiary/aromatic N) is 1. The number of hydrogen-bond donors (Lipinski definition) is 1. The van der Waals surface area contributed by atoms with E-state index >= 15 is 0 Å². The second-order valence-electron chi connectivity index (χ2n) is 4.48. The smallest absolute Gasteiger partial charge is 0.261 e. The van der Waals surface area contributed by atoms with Gasteiger partial charge in [-0.25, -0.2) is 13.4 Å². The predicted octanol–water partition coefficient (Wildman–Crippen LogP) is 3.59. The van der Waals surface area contributed by atoms with Gasteiger partial charge in [-0.1, -0.05) is 17.7 Å². The molecule has 108 valence electrons. The van der Waals surface area contributed by atoms with Gasteiger partial charge in [-0.3, -0.25) is 4.72 Å². The number of halogens is 1. The van der Waals surface area contributed by atoms with Crippen molar-refractivity contribution in [2.45, 2.75) is 11.8 Å². The van der Waals surface area contributed by atoms with E-state index in [-0.39, 0.29) is 4.90 Å². The lowest BCUT2D eigenvalue weighted by atomic mass is 10.3. The van der Waals surface area contributed by atoms with Gasteiger partial charge in [-0.15, -0.1) is 0 Å². The summed E-state index contributed by atoms with van der Waals surface area (Å²) in [6.45, 7) is 1.71. The third kappa shape index (κ3) is 2.86. The number of aryl methyl sites for hydroxylation is 1. The first-order valence-corrected chi connectivity index (χ1v) is 7.96. The molecule has 0 aliphatic heterocycles. The molecule has 3 aromatic rings. The maximum Gasteiger partial charge on any atom is 0.261 e. The van der Waals surface area contributed by atoms with Crippen LogP contribution in [0.4, 0.5) is 5.69 Å². The Hall–Kier alpha value is -2.05. The SMILES string of the molecule is Cc1nc2cc(S(=O)(=O)Nc3cccc(Cl)c3)ccc2o1. The lowest BCUT2D eigenvalue weighted by Gasteiger charge is -2.08. The third-order valence-electron chi connectivity index (χ3n) is 2.85. The minimum Gasteiger partial charge on any atom is -0.441 e. The standard InChI is InChI=1S/C14H11ClN2O3S/c1-9-16-13-8-12(5-6-14(13)20-9)21(18,19)17-11-4-2-3-10(15)7-11/h2-8,17H,1H3. The molecule has 0 bridgehead atoms. The van der Waals surface area contributed by atoms with Crippen LogP contribution in [0.5, 0.6) is 0 Å². The summed E-state index contributed by atoms with van der Waals surface area (Å²) in [6, 6.07) is 11.0. The van der Waals surface area contributed by atoms with Crippen molar-refractivity contribution >= 4 is 38.4 Å². The number of benzene rings is 2. The molecular weight excluding hydrogens is 312 g/mol. The second-order valence-corrected chi connectivity index (χ2v) is 6.60. The molecule has 0 fully saturated rings. The molecule has 1 aromatic heterocycles. The highest BCUT2D eigenvalue weighted by molar-refractivity contribution is 7.92. The van der Waals surface area contributed by atoms with E-state index in [1.165, 1.54) is 18.2 Å². The van der Waals surface area contributed by atoms with E-state index in [9.17, 15) is 8.42 Å². The lowest BCUT2D eigenvalue weighted by molar-refractivity contribution is 0.561. The normalized spacial score (nSPS) is 11.7. The average Bonchev–Trinajstić information content (AvgIpc) is 2.77. The van der Waals surface area contributed by atoms with Gasteiger partial charge in [0.1, 0.15) is 5.52 Å². The number of anilines is 1. The number of fused-ring (bicyclic) bond motifs is 1. The zero-order chi connectivity index (χ0) is 15.0. The van der Waals surface area contributed by atoms with Gasteiger partial charge in [-0.05, 0) is 36.4 Å². The summed E-state index contributed by atoms with van der Waals surface area (Å²) in [4.78, 5) is 4.24. The summed E-state index contributed by atoms with van der Waals surface area (Å²) in [5.41, 5.74) is 1.45. The van der Waals surface area contributed by atoms with Gasteiger partial charge in [0, 0.05) is 11.9 Å². The van der Waals surface area contributed by atoms with Crippen LogP contribution in [-0.2, 0) is 10.0 Å². The van der Waals surface area contributed by atoms with Crippen LogP contribution in [0.2, 0.25) is 5.02 Å². The van der Waals surface area contributed by atoms with Gasteiger partial charge < -0.3 is 4.42 Å². The molecule has 1 heterocycles. The number of nitrogens with one attached hydrogen (secondary N) is 1. The molecule has 0 aliphatic rings. The number of hydrogen-bond acceptors (Lipinski definition) is 4. The quantitative estimate of drug-likeness (QED) is 0.799. The van der Waals surface area contributed by atoms with Crippen molar-refractivity contribution in [2.75, 3.05) is 4.72 Å². The van der Waals surface area contributed by atoms with E-state index in [4.69, 9.17) is 16.0 Å². The first-order valence-electron chi connectivity index (χ1n) is 6.10. The number of oxazole rings is 1. The van der Waals surface area contributed by atoms with E-state index in [0.717, 1.165) is 0 Å². The molecule has 5 nitrogen and oxygen atoms in total. The Labute approximate surface area is 126 Å². The number of rotatable bonds is 3. The Morgan fingerprint density at radius 3 is 2.76 bits per heavy atom. The van der Waals surface area contributed by atoms with Crippen molar-refractivity contribution < 1.29 is 12.8 Å². The zero-order valence-corrected chi connectivity index (χ0v) is 12.6. The van der Waals surface area contributed by atoms with E-state index in [0.29, 0.717) is 27.7 Å². The van der Waals surface area contributed by atoms with E-state index < -0.39 is 10.0 Å². The van der Waals surface area contributed by atoms with Crippen LogP contribution in [-0.4, -0.2) is 13.4 Å². The van der Waals surface area contributed by atoms with Crippen LogP contribution in [0.25, 0.3) is 11.1 Å². The fourth-order valence-electron chi connectivity index (χ4n) is 1.96. The molecule has 0 amide bonds. The number of sulfonamides is 1. The summed E-state index contributed by atoms with van der Waals surface area (Å²) in [7, 11) is -3.70. The van der Waals surface area contributed by atoms with Crippen molar-refractivity contribution in [2.24, 2.45) is 0 Å². The van der Waals surface area contributed by atoms with Gasteiger partial charge in [0.15, 0.2) is 11.5 Å². The van der Waals surface area contributed by atoms with E-state index in [1.54, 1.807) is 31.2 Å². The van der Waals surface area contributed by atoms with Crippen molar-refractivity contribution in [3.8, 4) is 0 Å². The molecule has 0 aliphatic carbocycles. The zero-order valence-electron chi connectivity index (χ0n) is 11.0. The lowest BCUT2D eigenvalue weighted by Crippen LogP contribution is -2.12. The summed E-state index contributed by atoms with van der Waals surface area (Å²) < 4.78 is 32.5. The molecule has 0 atom stereocenters. The fourth-order valence-corrected chi connectivity index (χ4v) is 3.22. The predicted molar refractivity (Wildman–Crippen MR) is 81.0 cm³/mol. The van der Waals surface area contributed by atoms with Crippen LogP contribution in [0.1, 0.15) is 5.89 Å². The molecule has 7 heteroatoms. The van der Waals surface area contributed by atoms with Gasteiger partial charge >= 0.3 is 0 Å². The fraction of sp³-hybridized carbons (Fsp3) is 0.0714. The van der Waals surface area contributed by atoms with Crippen molar-refractivity contribution in [1.82, 2.24) is 4.98 Å². The summed E-state index contributed by atoms with van der Waals surface area (Å²) >= 11 is 5.84. The molecule has 3 rings (SSSR count). The van der Waals surface area contributed by atoms with E-state index in [1.807, 2.05) is 0 Å². The van der Waals surface area contributed by atoms with Crippen molar-refractivity contribution in [3.63, 3.8) is 0 Å². The van der Waals surface area contributed by atoms with Gasteiger partial charge in [0.25, 0.3) is 10.0 Å². The van der Waals surface area contributed by atoms with E-state index in [2.05, 4.69) is 9.71 Å². The Bertz CT molecular complexity index is 919. The Balaban J connectivity index is 1.99. The molecule has 0 saturated heterocycles. The molecule has 21 heavy (non-hydrogen) atoms. The Morgan fingerprint density at radius 1 is 1.19 bits per heavy atom. The maximum atomic E-state index is 12.4. The third-order valence-corrected chi connectivity index (χ3v) is 4.47. The monoisotopic (exact) mass is 322 g/mol. The molecule has 0 saturated carbocycles. The summed E-state index contributed by atoms with van der Waals surface area (Å²) in [6.07, 6.45) is 0. The minimum atomic E-state index is -3.70. The summed E-state index contributed by atoms with van der Waals surface area (Å²) in [5, 5.41) is 0.456. The molecule has 0 spiro atoms. The van der Waals surface area contributed by atoms with Gasteiger partial charge in [0.2, 0.25) is 0 Å². The highest BCUT2D eigenvalue weighted by Crippen LogP contribution is 2.23. The van der Waals surface area contributed by atoms with Crippen LogP contribution in [0.3, 0.4) is 0 Å². The van der Waals surface area contributed by atoms with Crippen molar-refractivity contribution in [1.29, 1.82) is 0 Å². The molecule has 0 radical (unpaired) electrons. The molecule has 2 aromatic carbocycles. The topological polar surface area (TPSA) is 72.2 Å². The second kappa shape index (κ2) is 5.05. The van der Waals surface area contributed by atoms with Crippen molar-refractivity contribution in [3.05, 3.63) is 53.4 Å². The number of aromatic nitrogens is 1. The maximum absolute atomic E-state index is 12.4.